The van der Waals surface area contributed by atoms with Gasteiger partial charge in [-0.3, -0.25) is 0 Å². The fourth-order valence-corrected chi connectivity index (χ4v) is 6.98. The minimum Gasteiger partial charge on any atom is -0.323 e. The first-order chi connectivity index (χ1) is 12.4. The van der Waals surface area contributed by atoms with E-state index in [4.69, 9.17) is 0 Å². The van der Waals surface area contributed by atoms with Crippen LogP contribution in [0.1, 0.15) is 62.8 Å². The minimum absolute atomic E-state index is 0.831. The minimum atomic E-state index is 0.831. The Hall–Kier alpha value is -0.860. The molecule has 1 aromatic carbocycles. The van der Waals surface area contributed by atoms with Crippen LogP contribution in [-0.2, 0) is 0 Å². The van der Waals surface area contributed by atoms with E-state index in [-0.39, 0.29) is 0 Å². The van der Waals surface area contributed by atoms with Crippen molar-refractivity contribution in [2.75, 3.05) is 26.2 Å². The Morgan fingerprint density at radius 1 is 0.680 bits per heavy atom. The SMILES string of the molecule is c1ccc(C2CCC([NH+]3CC[NH+]([C@@H]4C[C@H]5CC[C@@H]4C5)CC3)CC2)cc1. The Bertz CT molecular complexity index is 555. The number of quaternary nitrogens is 2. The van der Waals surface area contributed by atoms with E-state index in [9.17, 15) is 0 Å². The average Bonchev–Trinajstić information content (AvgIpc) is 3.33. The van der Waals surface area contributed by atoms with Crippen LogP contribution in [0.3, 0.4) is 0 Å². The molecule has 136 valence electrons. The summed E-state index contributed by atoms with van der Waals surface area (Å²) in [6, 6.07) is 13.3. The summed E-state index contributed by atoms with van der Waals surface area (Å²) in [6.07, 6.45) is 12.0. The molecule has 4 aliphatic rings. The van der Waals surface area contributed by atoms with E-state index in [1.54, 1.807) is 31.2 Å². The first-order valence-electron chi connectivity index (χ1n) is 11.1. The van der Waals surface area contributed by atoms with Crippen LogP contribution in [0.2, 0.25) is 0 Å². The highest BCUT2D eigenvalue weighted by atomic mass is 15.3. The molecule has 3 saturated carbocycles. The van der Waals surface area contributed by atoms with Gasteiger partial charge in [-0.05, 0) is 62.3 Å². The quantitative estimate of drug-likeness (QED) is 0.829. The molecule has 4 fully saturated rings. The van der Waals surface area contributed by atoms with Crippen molar-refractivity contribution in [1.29, 1.82) is 0 Å². The molecule has 1 aromatic rings. The molecule has 2 nitrogen and oxygen atoms in total. The van der Waals surface area contributed by atoms with Crippen molar-refractivity contribution in [2.24, 2.45) is 11.8 Å². The largest absolute Gasteiger partial charge is 0.323 e. The summed E-state index contributed by atoms with van der Waals surface area (Å²) in [4.78, 5) is 3.95. The van der Waals surface area contributed by atoms with E-state index >= 15 is 0 Å². The van der Waals surface area contributed by atoms with Crippen molar-refractivity contribution in [2.45, 2.75) is 69.4 Å². The number of benzene rings is 1. The zero-order chi connectivity index (χ0) is 16.6. The number of piperazine rings is 1. The van der Waals surface area contributed by atoms with Gasteiger partial charge in [0.1, 0.15) is 26.2 Å². The lowest BCUT2D eigenvalue weighted by Gasteiger charge is -2.40. The Morgan fingerprint density at radius 2 is 1.40 bits per heavy atom. The van der Waals surface area contributed by atoms with Crippen LogP contribution in [0.4, 0.5) is 0 Å². The highest BCUT2D eigenvalue weighted by molar-refractivity contribution is 5.19. The van der Waals surface area contributed by atoms with Gasteiger partial charge in [0.15, 0.2) is 0 Å². The third-order valence-electron chi connectivity index (χ3n) is 8.37. The molecule has 0 aromatic heterocycles. The van der Waals surface area contributed by atoms with Crippen molar-refractivity contribution < 1.29 is 9.80 Å². The molecular formula is C23H36N2+2. The van der Waals surface area contributed by atoms with Crippen LogP contribution in [0, 0.1) is 11.8 Å². The van der Waals surface area contributed by atoms with E-state index in [2.05, 4.69) is 30.3 Å². The maximum atomic E-state index is 2.34. The van der Waals surface area contributed by atoms with Gasteiger partial charge in [0.05, 0.1) is 12.1 Å². The maximum absolute atomic E-state index is 2.34. The molecule has 3 aliphatic carbocycles. The Morgan fingerprint density at radius 3 is 2.04 bits per heavy atom. The van der Waals surface area contributed by atoms with Gasteiger partial charge in [0, 0.05) is 12.3 Å². The second-order valence-corrected chi connectivity index (χ2v) is 9.56. The molecule has 1 saturated heterocycles. The predicted molar refractivity (Wildman–Crippen MR) is 102 cm³/mol. The summed E-state index contributed by atoms with van der Waals surface area (Å²) in [6.45, 7) is 5.82. The van der Waals surface area contributed by atoms with Crippen molar-refractivity contribution in [1.82, 2.24) is 0 Å². The number of fused-ring (bicyclic) bond motifs is 2. The van der Waals surface area contributed by atoms with Crippen LogP contribution >= 0.6 is 0 Å². The number of hydrogen-bond acceptors (Lipinski definition) is 0. The molecule has 2 heteroatoms. The second-order valence-electron chi connectivity index (χ2n) is 9.56. The normalized spacial score (nSPS) is 44.1. The Balaban J connectivity index is 1.11. The summed E-state index contributed by atoms with van der Waals surface area (Å²) in [5.74, 6) is 3.04. The third kappa shape index (κ3) is 3.28. The van der Waals surface area contributed by atoms with Crippen molar-refractivity contribution in [3.8, 4) is 0 Å². The number of hydrogen-bond donors (Lipinski definition) is 2. The predicted octanol–water partition coefficient (Wildman–Crippen LogP) is 1.68. The Kier molecular flexibility index (Phi) is 4.60. The van der Waals surface area contributed by atoms with Crippen LogP contribution in [0.5, 0.6) is 0 Å². The van der Waals surface area contributed by atoms with E-state index in [0.29, 0.717) is 0 Å². The molecule has 2 bridgehead atoms. The van der Waals surface area contributed by atoms with E-state index < -0.39 is 0 Å². The van der Waals surface area contributed by atoms with Gasteiger partial charge in [-0.2, -0.15) is 0 Å². The molecule has 2 N–H and O–H groups in total. The molecule has 5 rings (SSSR count). The molecule has 0 amide bonds. The molecule has 3 atom stereocenters. The lowest BCUT2D eigenvalue weighted by molar-refractivity contribution is -1.04. The molecule has 25 heavy (non-hydrogen) atoms. The van der Waals surface area contributed by atoms with Gasteiger partial charge in [0.25, 0.3) is 0 Å². The van der Waals surface area contributed by atoms with Gasteiger partial charge in [-0.1, -0.05) is 30.3 Å². The topological polar surface area (TPSA) is 8.88 Å². The fourth-order valence-electron chi connectivity index (χ4n) is 6.98. The van der Waals surface area contributed by atoms with E-state index in [1.165, 1.54) is 51.9 Å². The fraction of sp³-hybridized carbons (Fsp3) is 0.739. The summed E-state index contributed by atoms with van der Waals surface area (Å²) >= 11 is 0. The van der Waals surface area contributed by atoms with Gasteiger partial charge in [-0.15, -0.1) is 0 Å². The standard InChI is InChI=1S/C23H34N2/c1-2-4-19(5-3-1)20-8-10-22(11-9-20)24-12-14-25(15-13-24)23-17-18-6-7-21(23)16-18/h1-5,18,20-23H,6-17H2/p+2/t18-,20?,21+,22?,23+/m0/s1. The molecule has 0 spiro atoms. The molecule has 1 heterocycles. The molecule has 0 radical (unpaired) electrons. The molecule has 1 aliphatic heterocycles. The second kappa shape index (κ2) is 7.04. The molecule has 0 unspecified atom stereocenters. The highest BCUT2D eigenvalue weighted by Gasteiger charge is 2.46. The van der Waals surface area contributed by atoms with Gasteiger partial charge in [-0.25, -0.2) is 0 Å². The van der Waals surface area contributed by atoms with Crippen LogP contribution in [0.25, 0.3) is 0 Å². The van der Waals surface area contributed by atoms with Gasteiger partial charge in [0.2, 0.25) is 0 Å². The number of nitrogens with one attached hydrogen (secondary N) is 2. The van der Waals surface area contributed by atoms with Crippen molar-refractivity contribution in [3.05, 3.63) is 35.9 Å². The highest BCUT2D eigenvalue weighted by Crippen LogP contribution is 2.43. The lowest BCUT2D eigenvalue weighted by Crippen LogP contribution is -3.31. The first-order valence-corrected chi connectivity index (χ1v) is 11.1. The first kappa shape index (κ1) is 16.3. The smallest absolute Gasteiger partial charge is 0.127 e. The summed E-state index contributed by atoms with van der Waals surface area (Å²) in [7, 11) is 0. The van der Waals surface area contributed by atoms with Crippen molar-refractivity contribution >= 4 is 0 Å². The number of rotatable bonds is 3. The lowest BCUT2D eigenvalue weighted by atomic mass is 9.81. The van der Waals surface area contributed by atoms with Crippen LogP contribution in [0.15, 0.2) is 30.3 Å². The van der Waals surface area contributed by atoms with Crippen LogP contribution in [-0.4, -0.2) is 38.3 Å². The van der Waals surface area contributed by atoms with E-state index in [0.717, 1.165) is 29.8 Å². The van der Waals surface area contributed by atoms with Crippen LogP contribution < -0.4 is 9.80 Å². The average molecular weight is 341 g/mol. The zero-order valence-electron chi connectivity index (χ0n) is 15.8. The zero-order valence-corrected chi connectivity index (χ0v) is 15.8. The van der Waals surface area contributed by atoms with Crippen molar-refractivity contribution in [3.63, 3.8) is 0 Å². The monoisotopic (exact) mass is 340 g/mol. The Labute approximate surface area is 153 Å². The van der Waals surface area contributed by atoms with Gasteiger partial charge < -0.3 is 9.80 Å². The molecular weight excluding hydrogens is 304 g/mol. The summed E-state index contributed by atoms with van der Waals surface area (Å²) < 4.78 is 0. The third-order valence-corrected chi connectivity index (χ3v) is 8.37. The van der Waals surface area contributed by atoms with E-state index in [1.807, 2.05) is 9.80 Å². The summed E-state index contributed by atoms with van der Waals surface area (Å²) in [5, 5.41) is 0. The maximum Gasteiger partial charge on any atom is 0.127 e. The van der Waals surface area contributed by atoms with Gasteiger partial charge >= 0.3 is 0 Å². The summed E-state index contributed by atoms with van der Waals surface area (Å²) in [5.41, 5.74) is 1.58.